The molecule has 1 rings (SSSR count). The number of nitrogens with zero attached hydrogens (tertiary/aromatic N) is 1. The van der Waals surface area contributed by atoms with Crippen LogP contribution in [0.5, 0.6) is 5.75 Å². The smallest absolute Gasteiger partial charge is 0.255 e. The van der Waals surface area contributed by atoms with Crippen LogP contribution < -0.4 is 10.1 Å². The van der Waals surface area contributed by atoms with E-state index in [-0.39, 0.29) is 5.91 Å². The van der Waals surface area contributed by atoms with Gasteiger partial charge < -0.3 is 15.0 Å². The number of methoxy groups -OCH3 is 1. The van der Waals surface area contributed by atoms with E-state index in [9.17, 15) is 4.79 Å². The molecule has 4 heteroatoms. The molecule has 1 aromatic carbocycles. The molecule has 0 aliphatic rings. The predicted molar refractivity (Wildman–Crippen MR) is 78.0 cm³/mol. The highest BCUT2D eigenvalue weighted by molar-refractivity contribution is 5.97. The normalized spacial score (nSPS) is 10.6. The largest absolute Gasteiger partial charge is 0.496 e. The third-order valence-electron chi connectivity index (χ3n) is 2.94. The molecule has 0 saturated heterocycles. The zero-order chi connectivity index (χ0) is 14.4. The molecule has 0 aliphatic heterocycles. The minimum Gasteiger partial charge on any atom is -0.496 e. The van der Waals surface area contributed by atoms with Gasteiger partial charge in [0.15, 0.2) is 0 Å². The van der Waals surface area contributed by atoms with Crippen LogP contribution in [-0.4, -0.2) is 45.1 Å². The standard InChI is InChI=1S/C15H24N2O2/c1-11-9-12(2)14(19-5)13(10-11)15(18)16-7-6-8-17(3)4/h9-10H,6-8H2,1-5H3,(H,16,18). The minimum atomic E-state index is -0.0672. The summed E-state index contributed by atoms with van der Waals surface area (Å²) in [6, 6.07) is 3.88. The third-order valence-corrected chi connectivity index (χ3v) is 2.94. The summed E-state index contributed by atoms with van der Waals surface area (Å²) in [5, 5.41) is 2.94. The Kier molecular flexibility index (Phi) is 5.83. The highest BCUT2D eigenvalue weighted by atomic mass is 16.5. The lowest BCUT2D eigenvalue weighted by atomic mass is 10.0. The highest BCUT2D eigenvalue weighted by Crippen LogP contribution is 2.24. The summed E-state index contributed by atoms with van der Waals surface area (Å²) in [6.45, 7) is 5.57. The Labute approximate surface area is 115 Å². The molecule has 1 N–H and O–H groups in total. The lowest BCUT2D eigenvalue weighted by Gasteiger charge is -2.13. The van der Waals surface area contributed by atoms with E-state index < -0.39 is 0 Å². The molecule has 106 valence electrons. The Balaban J connectivity index is 2.71. The summed E-state index contributed by atoms with van der Waals surface area (Å²) in [4.78, 5) is 14.3. The number of rotatable bonds is 6. The fourth-order valence-corrected chi connectivity index (χ4v) is 2.09. The van der Waals surface area contributed by atoms with Crippen LogP contribution in [-0.2, 0) is 0 Å². The van der Waals surface area contributed by atoms with Gasteiger partial charge in [0.25, 0.3) is 5.91 Å². The summed E-state index contributed by atoms with van der Waals surface area (Å²) < 4.78 is 5.33. The predicted octanol–water partition coefficient (Wildman–Crippen LogP) is 1.99. The van der Waals surface area contributed by atoms with Crippen molar-refractivity contribution in [3.8, 4) is 5.75 Å². The van der Waals surface area contributed by atoms with Crippen molar-refractivity contribution in [2.75, 3.05) is 34.3 Å². The van der Waals surface area contributed by atoms with Gasteiger partial charge in [-0.15, -0.1) is 0 Å². The third kappa shape index (κ3) is 4.56. The molecule has 0 unspecified atom stereocenters. The molecule has 0 aromatic heterocycles. The van der Waals surface area contributed by atoms with E-state index in [1.807, 2.05) is 40.1 Å². The number of amides is 1. The zero-order valence-corrected chi connectivity index (χ0v) is 12.5. The Morgan fingerprint density at radius 2 is 2.00 bits per heavy atom. The quantitative estimate of drug-likeness (QED) is 0.799. The number of aryl methyl sites for hydroxylation is 2. The van der Waals surface area contributed by atoms with E-state index in [0.717, 1.165) is 24.1 Å². The van der Waals surface area contributed by atoms with Gasteiger partial charge in [-0.05, 0) is 58.1 Å². The molecule has 0 heterocycles. The first-order valence-electron chi connectivity index (χ1n) is 6.54. The summed E-state index contributed by atoms with van der Waals surface area (Å²) in [5.74, 6) is 0.595. The van der Waals surface area contributed by atoms with E-state index in [4.69, 9.17) is 4.74 Å². The Morgan fingerprint density at radius 3 is 2.58 bits per heavy atom. The van der Waals surface area contributed by atoms with Crippen LogP contribution in [0.4, 0.5) is 0 Å². The molecule has 0 radical (unpaired) electrons. The van der Waals surface area contributed by atoms with Crippen molar-refractivity contribution >= 4 is 5.91 Å². The summed E-state index contributed by atoms with van der Waals surface area (Å²) in [5.41, 5.74) is 2.67. The molecule has 0 saturated carbocycles. The molecule has 0 spiro atoms. The van der Waals surface area contributed by atoms with Crippen molar-refractivity contribution < 1.29 is 9.53 Å². The second-order valence-electron chi connectivity index (χ2n) is 5.08. The topological polar surface area (TPSA) is 41.6 Å². The number of nitrogens with one attached hydrogen (secondary N) is 1. The van der Waals surface area contributed by atoms with Crippen LogP contribution in [0.2, 0.25) is 0 Å². The molecule has 4 nitrogen and oxygen atoms in total. The summed E-state index contributed by atoms with van der Waals surface area (Å²) >= 11 is 0. The van der Waals surface area contributed by atoms with Crippen LogP contribution in [0.15, 0.2) is 12.1 Å². The monoisotopic (exact) mass is 264 g/mol. The van der Waals surface area contributed by atoms with Crippen LogP contribution in [0.25, 0.3) is 0 Å². The first-order chi connectivity index (χ1) is 8.95. The van der Waals surface area contributed by atoms with Crippen LogP contribution in [0.3, 0.4) is 0 Å². The van der Waals surface area contributed by atoms with Gasteiger partial charge in [-0.25, -0.2) is 0 Å². The first kappa shape index (κ1) is 15.5. The van der Waals surface area contributed by atoms with Gasteiger partial charge in [-0.2, -0.15) is 0 Å². The Bertz CT molecular complexity index is 442. The highest BCUT2D eigenvalue weighted by Gasteiger charge is 2.14. The second kappa shape index (κ2) is 7.14. The lowest BCUT2D eigenvalue weighted by molar-refractivity contribution is 0.0949. The molecular weight excluding hydrogens is 240 g/mol. The van der Waals surface area contributed by atoms with Gasteiger partial charge >= 0.3 is 0 Å². The van der Waals surface area contributed by atoms with Crippen molar-refractivity contribution in [3.05, 3.63) is 28.8 Å². The Hall–Kier alpha value is -1.55. The van der Waals surface area contributed by atoms with E-state index in [1.54, 1.807) is 7.11 Å². The van der Waals surface area contributed by atoms with Crippen molar-refractivity contribution in [1.82, 2.24) is 10.2 Å². The number of benzene rings is 1. The summed E-state index contributed by atoms with van der Waals surface area (Å²) in [7, 11) is 5.64. The fraction of sp³-hybridized carbons (Fsp3) is 0.533. The molecular formula is C15H24N2O2. The minimum absolute atomic E-state index is 0.0672. The average molecular weight is 264 g/mol. The second-order valence-corrected chi connectivity index (χ2v) is 5.08. The van der Waals surface area contributed by atoms with Crippen molar-refractivity contribution in [2.45, 2.75) is 20.3 Å². The fourth-order valence-electron chi connectivity index (χ4n) is 2.09. The van der Waals surface area contributed by atoms with Crippen LogP contribution >= 0.6 is 0 Å². The van der Waals surface area contributed by atoms with Gasteiger partial charge in [0, 0.05) is 6.54 Å². The van der Waals surface area contributed by atoms with Gasteiger partial charge in [-0.1, -0.05) is 6.07 Å². The van der Waals surface area contributed by atoms with Crippen molar-refractivity contribution in [2.24, 2.45) is 0 Å². The number of carbonyl (C=O) groups excluding carboxylic acids is 1. The molecule has 0 bridgehead atoms. The van der Waals surface area contributed by atoms with E-state index in [1.165, 1.54) is 0 Å². The first-order valence-corrected chi connectivity index (χ1v) is 6.54. The molecule has 1 aromatic rings. The molecule has 1 amide bonds. The number of ether oxygens (including phenoxy) is 1. The number of hydrogen-bond donors (Lipinski definition) is 1. The maximum absolute atomic E-state index is 12.2. The van der Waals surface area contributed by atoms with Crippen molar-refractivity contribution in [1.29, 1.82) is 0 Å². The van der Waals surface area contributed by atoms with E-state index in [0.29, 0.717) is 17.9 Å². The summed E-state index contributed by atoms with van der Waals surface area (Å²) in [6.07, 6.45) is 0.936. The van der Waals surface area contributed by atoms with Gasteiger partial charge in [0.1, 0.15) is 5.75 Å². The van der Waals surface area contributed by atoms with Crippen LogP contribution in [0.1, 0.15) is 27.9 Å². The zero-order valence-electron chi connectivity index (χ0n) is 12.5. The molecule has 0 aliphatic carbocycles. The van der Waals surface area contributed by atoms with Gasteiger partial charge in [0.05, 0.1) is 12.7 Å². The maximum atomic E-state index is 12.2. The van der Waals surface area contributed by atoms with E-state index in [2.05, 4.69) is 10.2 Å². The average Bonchev–Trinajstić information content (AvgIpc) is 2.33. The van der Waals surface area contributed by atoms with E-state index >= 15 is 0 Å². The number of hydrogen-bond acceptors (Lipinski definition) is 3. The molecule has 0 atom stereocenters. The maximum Gasteiger partial charge on any atom is 0.255 e. The molecule has 19 heavy (non-hydrogen) atoms. The SMILES string of the molecule is COc1c(C)cc(C)cc1C(=O)NCCCN(C)C. The van der Waals surface area contributed by atoms with Crippen molar-refractivity contribution in [3.63, 3.8) is 0 Å². The Morgan fingerprint density at radius 1 is 1.32 bits per heavy atom. The van der Waals surface area contributed by atoms with Gasteiger partial charge in [0.2, 0.25) is 0 Å². The van der Waals surface area contributed by atoms with Gasteiger partial charge in [-0.3, -0.25) is 4.79 Å². The number of carbonyl (C=O) groups is 1. The van der Waals surface area contributed by atoms with Crippen LogP contribution in [0, 0.1) is 13.8 Å². The molecule has 0 fully saturated rings. The lowest BCUT2D eigenvalue weighted by Crippen LogP contribution is -2.27.